The molecule has 1 aromatic heterocycles. The van der Waals surface area contributed by atoms with Crippen LogP contribution in [-0.2, 0) is 6.54 Å². The Morgan fingerprint density at radius 1 is 1.50 bits per heavy atom. The molecule has 0 aliphatic rings. The summed E-state index contributed by atoms with van der Waals surface area (Å²) < 4.78 is 0. The highest BCUT2D eigenvalue weighted by atomic mass is 15.1. The van der Waals surface area contributed by atoms with Crippen molar-refractivity contribution in [3.63, 3.8) is 0 Å². The fourth-order valence-electron chi connectivity index (χ4n) is 1.91. The standard InChI is InChI=1S/C14H22N4/c1-12(2)10-18(8-4-6-15)11-14-9-13(16-3)5-7-17-14/h5,7,9,12H,4,8,10-11H2,1-3H3,(H,16,17). The Labute approximate surface area is 110 Å². The van der Waals surface area contributed by atoms with Crippen molar-refractivity contribution < 1.29 is 0 Å². The van der Waals surface area contributed by atoms with Crippen molar-refractivity contribution in [3.05, 3.63) is 24.0 Å². The number of aromatic nitrogens is 1. The number of nitrogens with zero attached hydrogens (tertiary/aromatic N) is 3. The van der Waals surface area contributed by atoms with Crippen molar-refractivity contribution in [2.24, 2.45) is 5.92 Å². The normalized spacial score (nSPS) is 10.7. The maximum Gasteiger partial charge on any atom is 0.0635 e. The Kier molecular flexibility index (Phi) is 6.16. The lowest BCUT2D eigenvalue weighted by molar-refractivity contribution is 0.238. The summed E-state index contributed by atoms with van der Waals surface area (Å²) >= 11 is 0. The van der Waals surface area contributed by atoms with E-state index in [1.54, 1.807) is 0 Å². The monoisotopic (exact) mass is 246 g/mol. The largest absolute Gasteiger partial charge is 0.388 e. The van der Waals surface area contributed by atoms with Crippen LogP contribution in [0.5, 0.6) is 0 Å². The molecule has 0 radical (unpaired) electrons. The maximum atomic E-state index is 8.70. The van der Waals surface area contributed by atoms with E-state index in [1.165, 1.54) is 0 Å². The molecular weight excluding hydrogens is 224 g/mol. The summed E-state index contributed by atoms with van der Waals surface area (Å²) in [4.78, 5) is 6.67. The molecule has 0 saturated heterocycles. The van der Waals surface area contributed by atoms with Gasteiger partial charge in [0.05, 0.1) is 11.8 Å². The Hall–Kier alpha value is -1.60. The van der Waals surface area contributed by atoms with Gasteiger partial charge in [-0.15, -0.1) is 0 Å². The predicted molar refractivity (Wildman–Crippen MR) is 74.1 cm³/mol. The average molecular weight is 246 g/mol. The molecule has 1 heterocycles. The number of anilines is 1. The molecule has 0 spiro atoms. The highest BCUT2D eigenvalue weighted by Crippen LogP contribution is 2.10. The fraction of sp³-hybridized carbons (Fsp3) is 0.571. The van der Waals surface area contributed by atoms with Crippen LogP contribution in [0.3, 0.4) is 0 Å². The molecule has 1 aromatic rings. The number of rotatable bonds is 7. The van der Waals surface area contributed by atoms with Gasteiger partial charge in [-0.1, -0.05) is 13.8 Å². The van der Waals surface area contributed by atoms with Crippen molar-refractivity contribution >= 4 is 5.69 Å². The van der Waals surface area contributed by atoms with Gasteiger partial charge in [-0.3, -0.25) is 9.88 Å². The second kappa shape index (κ2) is 7.67. The summed E-state index contributed by atoms with van der Waals surface area (Å²) in [7, 11) is 1.90. The molecule has 0 atom stereocenters. The molecule has 0 fully saturated rings. The second-order valence-electron chi connectivity index (χ2n) is 4.82. The maximum absolute atomic E-state index is 8.70. The number of nitriles is 1. The Balaban J connectivity index is 2.65. The highest BCUT2D eigenvalue weighted by Gasteiger charge is 2.09. The van der Waals surface area contributed by atoms with E-state index in [1.807, 2.05) is 19.3 Å². The van der Waals surface area contributed by atoms with Crippen molar-refractivity contribution in [2.45, 2.75) is 26.8 Å². The van der Waals surface area contributed by atoms with Gasteiger partial charge in [0.1, 0.15) is 0 Å². The van der Waals surface area contributed by atoms with Crippen LogP contribution in [0.1, 0.15) is 26.0 Å². The van der Waals surface area contributed by atoms with Crippen molar-refractivity contribution in [2.75, 3.05) is 25.5 Å². The molecule has 1 N–H and O–H groups in total. The summed E-state index contributed by atoms with van der Waals surface area (Å²) in [6.45, 7) is 6.98. The number of nitrogens with one attached hydrogen (secondary N) is 1. The molecule has 0 unspecified atom stereocenters. The molecule has 4 heteroatoms. The first-order valence-corrected chi connectivity index (χ1v) is 6.37. The molecule has 4 nitrogen and oxygen atoms in total. The van der Waals surface area contributed by atoms with Crippen molar-refractivity contribution in [1.82, 2.24) is 9.88 Å². The molecule has 18 heavy (non-hydrogen) atoms. The lowest BCUT2D eigenvalue weighted by Crippen LogP contribution is -2.28. The summed E-state index contributed by atoms with van der Waals surface area (Å²) in [6.07, 6.45) is 2.39. The zero-order valence-electron chi connectivity index (χ0n) is 11.5. The van der Waals surface area contributed by atoms with Gasteiger partial charge < -0.3 is 5.32 Å². The SMILES string of the molecule is CNc1ccnc(CN(CCC#N)CC(C)C)c1. The third-order valence-corrected chi connectivity index (χ3v) is 2.65. The van der Waals surface area contributed by atoms with Crippen LogP contribution in [0.25, 0.3) is 0 Å². The molecule has 98 valence electrons. The van der Waals surface area contributed by atoms with Gasteiger partial charge in [-0.05, 0) is 18.1 Å². The number of hydrogen-bond donors (Lipinski definition) is 1. The van der Waals surface area contributed by atoms with Gasteiger partial charge in [0.25, 0.3) is 0 Å². The first kappa shape index (κ1) is 14.5. The van der Waals surface area contributed by atoms with E-state index in [9.17, 15) is 0 Å². The molecule has 0 aliphatic heterocycles. The van der Waals surface area contributed by atoms with Gasteiger partial charge in [-0.25, -0.2) is 0 Å². The Bertz CT molecular complexity index is 395. The van der Waals surface area contributed by atoms with Gasteiger partial charge in [0.15, 0.2) is 0 Å². The van der Waals surface area contributed by atoms with Crippen LogP contribution in [0.15, 0.2) is 18.3 Å². The summed E-state index contributed by atoms with van der Waals surface area (Å²) in [5, 5.41) is 11.8. The number of pyridine rings is 1. The molecular formula is C14H22N4. The average Bonchev–Trinajstić information content (AvgIpc) is 2.35. The summed E-state index contributed by atoms with van der Waals surface area (Å²) in [5.41, 5.74) is 2.12. The Morgan fingerprint density at radius 2 is 2.28 bits per heavy atom. The lowest BCUT2D eigenvalue weighted by atomic mass is 10.2. The van der Waals surface area contributed by atoms with Crippen molar-refractivity contribution in [1.29, 1.82) is 5.26 Å². The highest BCUT2D eigenvalue weighted by molar-refractivity contribution is 5.42. The van der Waals surface area contributed by atoms with Gasteiger partial charge in [-0.2, -0.15) is 5.26 Å². The van der Waals surface area contributed by atoms with E-state index in [2.05, 4.69) is 41.2 Å². The minimum Gasteiger partial charge on any atom is -0.388 e. The lowest BCUT2D eigenvalue weighted by Gasteiger charge is -2.22. The minimum absolute atomic E-state index is 0.568. The van der Waals surface area contributed by atoms with E-state index >= 15 is 0 Å². The van der Waals surface area contributed by atoms with E-state index in [-0.39, 0.29) is 0 Å². The first-order valence-electron chi connectivity index (χ1n) is 6.37. The van der Waals surface area contributed by atoms with Crippen LogP contribution < -0.4 is 5.32 Å². The van der Waals surface area contributed by atoms with Crippen LogP contribution in [0, 0.1) is 17.2 Å². The molecule has 1 rings (SSSR count). The van der Waals surface area contributed by atoms with E-state index in [0.29, 0.717) is 12.3 Å². The van der Waals surface area contributed by atoms with Crippen LogP contribution in [0.2, 0.25) is 0 Å². The van der Waals surface area contributed by atoms with Crippen molar-refractivity contribution in [3.8, 4) is 6.07 Å². The topological polar surface area (TPSA) is 52.0 Å². The smallest absolute Gasteiger partial charge is 0.0635 e. The van der Waals surface area contributed by atoms with Crippen LogP contribution >= 0.6 is 0 Å². The zero-order chi connectivity index (χ0) is 13.4. The fourth-order valence-corrected chi connectivity index (χ4v) is 1.91. The predicted octanol–water partition coefficient (Wildman–Crippen LogP) is 2.49. The van der Waals surface area contributed by atoms with E-state index in [0.717, 1.165) is 31.0 Å². The first-order chi connectivity index (χ1) is 8.65. The van der Waals surface area contributed by atoms with E-state index in [4.69, 9.17) is 5.26 Å². The third-order valence-electron chi connectivity index (χ3n) is 2.65. The molecule has 0 saturated carbocycles. The van der Waals surface area contributed by atoms with Crippen LogP contribution in [-0.4, -0.2) is 30.0 Å². The summed E-state index contributed by atoms with van der Waals surface area (Å²) in [6, 6.07) is 6.21. The molecule has 0 aliphatic carbocycles. The second-order valence-corrected chi connectivity index (χ2v) is 4.82. The van der Waals surface area contributed by atoms with Gasteiger partial charge in [0, 0.05) is 45.0 Å². The molecule has 0 bridgehead atoms. The molecule has 0 amide bonds. The van der Waals surface area contributed by atoms with Crippen LogP contribution in [0.4, 0.5) is 5.69 Å². The zero-order valence-corrected chi connectivity index (χ0v) is 11.5. The minimum atomic E-state index is 0.568. The van der Waals surface area contributed by atoms with E-state index < -0.39 is 0 Å². The molecule has 0 aromatic carbocycles. The number of hydrogen-bond acceptors (Lipinski definition) is 4. The summed E-state index contributed by atoms with van der Waals surface area (Å²) in [5.74, 6) is 0.594. The van der Waals surface area contributed by atoms with Gasteiger partial charge in [0.2, 0.25) is 0 Å². The third kappa shape index (κ3) is 5.15. The Morgan fingerprint density at radius 3 is 2.89 bits per heavy atom. The quantitative estimate of drug-likeness (QED) is 0.803. The van der Waals surface area contributed by atoms with Gasteiger partial charge >= 0.3 is 0 Å².